The predicted octanol–water partition coefficient (Wildman–Crippen LogP) is 1.18. The van der Waals surface area contributed by atoms with Crippen LogP contribution < -0.4 is 5.32 Å². The molecule has 0 aromatic heterocycles. The number of hydrogen-bond acceptors (Lipinski definition) is 2. The first-order valence-electron chi connectivity index (χ1n) is 6.13. The van der Waals surface area contributed by atoms with Crippen molar-refractivity contribution in [2.24, 2.45) is 0 Å². The molecular weight excluding hydrogens is 228 g/mol. The lowest BCUT2D eigenvalue weighted by molar-refractivity contribution is -0.123. The molecule has 0 aliphatic carbocycles. The zero-order valence-corrected chi connectivity index (χ0v) is 11.0. The van der Waals surface area contributed by atoms with Crippen molar-refractivity contribution in [3.05, 3.63) is 34.4 Å². The Bertz CT molecular complexity index is 486. The molecule has 1 N–H and O–H groups in total. The van der Waals surface area contributed by atoms with Crippen LogP contribution in [0, 0.1) is 20.8 Å². The van der Waals surface area contributed by atoms with Gasteiger partial charge < -0.3 is 10.2 Å². The molecule has 0 bridgehead atoms. The standard InChI is InChI=1S/C14H18N2O2/c1-9-6-10(2)13(11(3)7-9)14(18)16-5-4-15-12(17)8-16/h6-7H,4-5,8H2,1-3H3,(H,15,17). The van der Waals surface area contributed by atoms with Crippen LogP contribution in [0.3, 0.4) is 0 Å². The Morgan fingerprint density at radius 1 is 1.22 bits per heavy atom. The van der Waals surface area contributed by atoms with Gasteiger partial charge in [-0.3, -0.25) is 9.59 Å². The molecule has 1 aliphatic heterocycles. The average Bonchev–Trinajstić information content (AvgIpc) is 2.27. The van der Waals surface area contributed by atoms with Crippen LogP contribution in [0.15, 0.2) is 12.1 Å². The molecule has 1 aliphatic rings. The van der Waals surface area contributed by atoms with E-state index in [1.165, 1.54) is 0 Å². The van der Waals surface area contributed by atoms with Gasteiger partial charge in [0, 0.05) is 18.7 Å². The molecule has 2 amide bonds. The SMILES string of the molecule is Cc1cc(C)c(C(=O)N2CCNC(=O)C2)c(C)c1. The van der Waals surface area contributed by atoms with Crippen LogP contribution in [0.1, 0.15) is 27.0 Å². The van der Waals surface area contributed by atoms with E-state index in [9.17, 15) is 9.59 Å². The second kappa shape index (κ2) is 4.80. The van der Waals surface area contributed by atoms with Gasteiger partial charge in [-0.05, 0) is 31.9 Å². The Balaban J connectivity index is 2.31. The summed E-state index contributed by atoms with van der Waals surface area (Å²) in [5, 5.41) is 2.72. The minimum absolute atomic E-state index is 0.0418. The number of rotatable bonds is 1. The van der Waals surface area contributed by atoms with Crippen LogP contribution in [0.5, 0.6) is 0 Å². The second-order valence-corrected chi connectivity index (χ2v) is 4.85. The lowest BCUT2D eigenvalue weighted by Gasteiger charge is -2.28. The smallest absolute Gasteiger partial charge is 0.254 e. The van der Waals surface area contributed by atoms with Crippen LogP contribution in [0.25, 0.3) is 0 Å². The average molecular weight is 246 g/mol. The molecule has 1 aromatic carbocycles. The summed E-state index contributed by atoms with van der Waals surface area (Å²) in [6.45, 7) is 7.18. The molecule has 1 heterocycles. The number of nitrogens with one attached hydrogen (secondary N) is 1. The first-order chi connectivity index (χ1) is 8.49. The fourth-order valence-corrected chi connectivity index (χ4v) is 2.49. The van der Waals surface area contributed by atoms with Crippen molar-refractivity contribution < 1.29 is 9.59 Å². The number of aryl methyl sites for hydroxylation is 3. The summed E-state index contributed by atoms with van der Waals surface area (Å²) in [7, 11) is 0. The molecule has 0 atom stereocenters. The topological polar surface area (TPSA) is 49.4 Å². The number of carbonyl (C=O) groups excluding carboxylic acids is 2. The summed E-state index contributed by atoms with van der Waals surface area (Å²) in [6.07, 6.45) is 0. The highest BCUT2D eigenvalue weighted by Gasteiger charge is 2.24. The molecule has 2 rings (SSSR count). The minimum atomic E-state index is -0.0861. The van der Waals surface area contributed by atoms with E-state index in [4.69, 9.17) is 0 Å². The molecule has 1 saturated heterocycles. The van der Waals surface area contributed by atoms with Crippen molar-refractivity contribution in [2.75, 3.05) is 19.6 Å². The first kappa shape index (κ1) is 12.6. The van der Waals surface area contributed by atoms with Gasteiger partial charge >= 0.3 is 0 Å². The number of hydrogen-bond donors (Lipinski definition) is 1. The maximum atomic E-state index is 12.4. The fraction of sp³-hybridized carbons (Fsp3) is 0.429. The summed E-state index contributed by atoms with van der Waals surface area (Å²) < 4.78 is 0. The Hall–Kier alpha value is -1.84. The van der Waals surface area contributed by atoms with Gasteiger partial charge in [-0.1, -0.05) is 17.7 Å². The summed E-state index contributed by atoms with van der Waals surface area (Å²) in [5.41, 5.74) is 3.83. The van der Waals surface area contributed by atoms with E-state index in [2.05, 4.69) is 5.32 Å². The van der Waals surface area contributed by atoms with Crippen molar-refractivity contribution in [1.82, 2.24) is 10.2 Å². The lowest BCUT2D eigenvalue weighted by atomic mass is 9.98. The van der Waals surface area contributed by atoms with Crippen LogP contribution in [-0.4, -0.2) is 36.3 Å². The summed E-state index contributed by atoms with van der Waals surface area (Å²) in [6, 6.07) is 4.01. The van der Waals surface area contributed by atoms with Crippen molar-refractivity contribution in [3.63, 3.8) is 0 Å². The molecule has 18 heavy (non-hydrogen) atoms. The van der Waals surface area contributed by atoms with Gasteiger partial charge in [0.05, 0.1) is 6.54 Å². The Morgan fingerprint density at radius 3 is 2.39 bits per heavy atom. The van der Waals surface area contributed by atoms with Gasteiger partial charge in [-0.15, -0.1) is 0 Å². The van der Waals surface area contributed by atoms with E-state index < -0.39 is 0 Å². The van der Waals surface area contributed by atoms with Crippen molar-refractivity contribution in [3.8, 4) is 0 Å². The summed E-state index contributed by atoms with van der Waals surface area (Å²) in [5.74, 6) is -0.128. The van der Waals surface area contributed by atoms with E-state index in [0.29, 0.717) is 13.1 Å². The number of nitrogens with zero attached hydrogens (tertiary/aromatic N) is 1. The molecule has 1 aromatic rings. The van der Waals surface area contributed by atoms with Crippen LogP contribution >= 0.6 is 0 Å². The Kier molecular flexibility index (Phi) is 3.36. The molecule has 1 fully saturated rings. The minimum Gasteiger partial charge on any atom is -0.353 e. The third-order valence-electron chi connectivity index (χ3n) is 3.22. The van der Waals surface area contributed by atoms with Gasteiger partial charge in [-0.25, -0.2) is 0 Å². The quantitative estimate of drug-likeness (QED) is 0.809. The van der Waals surface area contributed by atoms with Gasteiger partial charge in [-0.2, -0.15) is 0 Å². The zero-order chi connectivity index (χ0) is 13.3. The maximum Gasteiger partial charge on any atom is 0.254 e. The van der Waals surface area contributed by atoms with Crippen LogP contribution in [0.4, 0.5) is 0 Å². The molecule has 4 heteroatoms. The Morgan fingerprint density at radius 2 is 1.83 bits per heavy atom. The van der Waals surface area contributed by atoms with E-state index >= 15 is 0 Å². The normalized spacial score (nSPS) is 15.5. The largest absolute Gasteiger partial charge is 0.353 e. The number of amides is 2. The second-order valence-electron chi connectivity index (χ2n) is 4.85. The maximum absolute atomic E-state index is 12.4. The van der Waals surface area contributed by atoms with Crippen molar-refractivity contribution >= 4 is 11.8 Å². The third-order valence-corrected chi connectivity index (χ3v) is 3.22. The van der Waals surface area contributed by atoms with E-state index in [0.717, 1.165) is 22.3 Å². The van der Waals surface area contributed by atoms with Crippen molar-refractivity contribution in [1.29, 1.82) is 0 Å². The molecule has 0 spiro atoms. The number of carbonyl (C=O) groups is 2. The molecule has 0 unspecified atom stereocenters. The van der Waals surface area contributed by atoms with Gasteiger partial charge in [0.25, 0.3) is 5.91 Å². The van der Waals surface area contributed by atoms with Gasteiger partial charge in [0.15, 0.2) is 0 Å². The Labute approximate surface area is 107 Å². The van der Waals surface area contributed by atoms with E-state index in [1.54, 1.807) is 4.90 Å². The van der Waals surface area contributed by atoms with Crippen LogP contribution in [0.2, 0.25) is 0 Å². The van der Waals surface area contributed by atoms with Crippen molar-refractivity contribution in [2.45, 2.75) is 20.8 Å². The lowest BCUT2D eigenvalue weighted by Crippen LogP contribution is -2.50. The molecule has 4 nitrogen and oxygen atoms in total. The molecule has 96 valence electrons. The third kappa shape index (κ3) is 2.37. The molecular formula is C14H18N2O2. The zero-order valence-electron chi connectivity index (χ0n) is 11.0. The van der Waals surface area contributed by atoms with Gasteiger partial charge in [0.2, 0.25) is 5.91 Å². The number of benzene rings is 1. The highest BCUT2D eigenvalue weighted by atomic mass is 16.2. The number of piperazine rings is 1. The highest BCUT2D eigenvalue weighted by molar-refractivity contribution is 5.99. The van der Waals surface area contributed by atoms with Gasteiger partial charge in [0.1, 0.15) is 0 Å². The highest BCUT2D eigenvalue weighted by Crippen LogP contribution is 2.18. The molecule has 0 saturated carbocycles. The summed E-state index contributed by atoms with van der Waals surface area (Å²) >= 11 is 0. The van der Waals surface area contributed by atoms with E-state index in [-0.39, 0.29) is 18.4 Å². The predicted molar refractivity (Wildman–Crippen MR) is 69.6 cm³/mol. The van der Waals surface area contributed by atoms with Crippen LogP contribution in [-0.2, 0) is 4.79 Å². The molecule has 0 radical (unpaired) electrons. The van der Waals surface area contributed by atoms with E-state index in [1.807, 2.05) is 32.9 Å². The summed E-state index contributed by atoms with van der Waals surface area (Å²) in [4.78, 5) is 25.4. The first-order valence-corrected chi connectivity index (χ1v) is 6.13. The fourth-order valence-electron chi connectivity index (χ4n) is 2.49. The monoisotopic (exact) mass is 246 g/mol.